The zero-order valence-electron chi connectivity index (χ0n) is 16.6. The summed E-state index contributed by atoms with van der Waals surface area (Å²) in [6, 6.07) is 14.2. The van der Waals surface area contributed by atoms with E-state index in [1.54, 1.807) is 52.6 Å². The second-order valence-electron chi connectivity index (χ2n) is 7.61. The largest absolute Gasteiger partial charge is 0.348 e. The van der Waals surface area contributed by atoms with Crippen molar-refractivity contribution in [1.29, 1.82) is 0 Å². The van der Waals surface area contributed by atoms with E-state index in [0.29, 0.717) is 27.4 Å². The van der Waals surface area contributed by atoms with Gasteiger partial charge >= 0.3 is 0 Å². The average Bonchev–Trinajstić information content (AvgIpc) is 3.18. The second kappa shape index (κ2) is 7.39. The van der Waals surface area contributed by atoms with Crippen LogP contribution in [-0.4, -0.2) is 24.9 Å². The van der Waals surface area contributed by atoms with Gasteiger partial charge in [-0.2, -0.15) is 0 Å². The second-order valence-corrected chi connectivity index (χ2v) is 10.1. The topological polar surface area (TPSA) is 80.2 Å². The molecule has 5 rings (SSSR count). The maximum absolute atomic E-state index is 14.3. The van der Waals surface area contributed by atoms with Crippen LogP contribution >= 0.6 is 0 Å². The predicted molar refractivity (Wildman–Crippen MR) is 117 cm³/mol. The van der Waals surface area contributed by atoms with Gasteiger partial charge in [-0.1, -0.05) is 12.1 Å². The number of hydrogen-bond donors (Lipinski definition) is 2. The van der Waals surface area contributed by atoms with Crippen LogP contribution in [-0.2, 0) is 16.3 Å². The number of amides is 2. The molecular formula is C23H20FN3O3S. The Balaban J connectivity index is 1.52. The van der Waals surface area contributed by atoms with Crippen LogP contribution in [0.25, 0.3) is 0 Å². The van der Waals surface area contributed by atoms with Gasteiger partial charge < -0.3 is 10.6 Å². The lowest BCUT2D eigenvalue weighted by Gasteiger charge is -2.25. The van der Waals surface area contributed by atoms with Crippen molar-refractivity contribution in [2.75, 3.05) is 5.32 Å². The van der Waals surface area contributed by atoms with E-state index in [1.807, 2.05) is 0 Å². The van der Waals surface area contributed by atoms with Crippen molar-refractivity contribution in [3.8, 4) is 0 Å². The van der Waals surface area contributed by atoms with Crippen LogP contribution in [0.5, 0.6) is 0 Å². The fourth-order valence-electron chi connectivity index (χ4n) is 3.89. The van der Waals surface area contributed by atoms with Crippen molar-refractivity contribution in [2.45, 2.75) is 30.7 Å². The number of nitrogens with zero attached hydrogens (tertiary/aromatic N) is 1. The molecule has 0 spiro atoms. The molecule has 2 heterocycles. The van der Waals surface area contributed by atoms with Gasteiger partial charge in [0.1, 0.15) is 11.5 Å². The van der Waals surface area contributed by atoms with Gasteiger partial charge in [0.15, 0.2) is 0 Å². The third kappa shape index (κ3) is 3.23. The lowest BCUT2D eigenvalue weighted by Crippen LogP contribution is -2.28. The monoisotopic (exact) mass is 437 g/mol. The van der Waals surface area contributed by atoms with Crippen molar-refractivity contribution >= 4 is 32.1 Å². The van der Waals surface area contributed by atoms with Gasteiger partial charge in [0.25, 0.3) is 11.8 Å². The molecule has 1 aliphatic carbocycles. The molecule has 1 saturated carbocycles. The van der Waals surface area contributed by atoms with E-state index >= 15 is 0 Å². The Kier molecular flexibility index (Phi) is 4.66. The van der Waals surface area contributed by atoms with E-state index in [2.05, 4.69) is 10.6 Å². The summed E-state index contributed by atoms with van der Waals surface area (Å²) in [5.41, 5.74) is 1.66. The van der Waals surface area contributed by atoms with E-state index in [4.69, 9.17) is 0 Å². The van der Waals surface area contributed by atoms with Crippen LogP contribution in [0.15, 0.2) is 65.7 Å². The minimum Gasteiger partial charge on any atom is -0.348 e. The summed E-state index contributed by atoms with van der Waals surface area (Å²) >= 11 is 0. The zero-order chi connectivity index (χ0) is 21.6. The normalized spacial score (nSPS) is 19.5. The first-order valence-corrected chi connectivity index (χ1v) is 11.5. The van der Waals surface area contributed by atoms with E-state index in [0.717, 1.165) is 24.1 Å². The highest BCUT2D eigenvalue weighted by Crippen LogP contribution is 2.34. The molecule has 1 unspecified atom stereocenters. The fourth-order valence-corrected chi connectivity index (χ4v) is 6.86. The molecule has 2 amide bonds. The molecular weight excluding hydrogens is 417 g/mol. The summed E-state index contributed by atoms with van der Waals surface area (Å²) in [4.78, 5) is 26.9. The third-order valence-electron chi connectivity index (χ3n) is 5.66. The SMILES string of the molecule is O=C(NCc1cccc(F)c1)c1ccc2c(c1)NC(=O)c1cccn1S2(=O)=C1CCC1. The summed E-state index contributed by atoms with van der Waals surface area (Å²) in [5.74, 6) is -1.10. The van der Waals surface area contributed by atoms with E-state index in [-0.39, 0.29) is 24.2 Å². The van der Waals surface area contributed by atoms with E-state index < -0.39 is 9.71 Å². The Labute approximate surface area is 179 Å². The lowest BCUT2D eigenvalue weighted by molar-refractivity contribution is 0.0949. The number of halogens is 1. The maximum Gasteiger partial charge on any atom is 0.273 e. The van der Waals surface area contributed by atoms with Crippen LogP contribution < -0.4 is 10.6 Å². The highest BCUT2D eigenvalue weighted by atomic mass is 32.2. The molecule has 1 atom stereocenters. The molecule has 6 nitrogen and oxygen atoms in total. The number of aromatic nitrogens is 1. The number of rotatable bonds is 3. The number of hydrogen-bond acceptors (Lipinski definition) is 3. The van der Waals surface area contributed by atoms with Crippen molar-refractivity contribution in [2.24, 2.45) is 0 Å². The van der Waals surface area contributed by atoms with Gasteiger partial charge in [-0.05, 0) is 67.3 Å². The summed E-state index contributed by atoms with van der Waals surface area (Å²) in [6.45, 7) is 0.167. The molecule has 2 aromatic carbocycles. The highest BCUT2D eigenvalue weighted by molar-refractivity contribution is 8.01. The number of carbonyl (C=O) groups is 2. The summed E-state index contributed by atoms with van der Waals surface area (Å²) in [7, 11) is -2.80. The number of fused-ring (bicyclic) bond motifs is 2. The number of carbonyl (C=O) groups excluding carboxylic acids is 2. The molecule has 1 aliphatic heterocycles. The van der Waals surface area contributed by atoms with Gasteiger partial charge in [-0.3, -0.25) is 13.6 Å². The van der Waals surface area contributed by atoms with Crippen LogP contribution in [0.1, 0.15) is 45.7 Å². The van der Waals surface area contributed by atoms with Gasteiger partial charge in [-0.15, -0.1) is 0 Å². The van der Waals surface area contributed by atoms with Crippen LogP contribution in [0, 0.1) is 5.82 Å². The average molecular weight is 437 g/mol. The number of nitrogens with one attached hydrogen (secondary N) is 2. The minimum atomic E-state index is -2.80. The van der Waals surface area contributed by atoms with Crippen molar-refractivity contribution in [3.63, 3.8) is 0 Å². The van der Waals surface area contributed by atoms with Crippen molar-refractivity contribution in [1.82, 2.24) is 9.29 Å². The summed E-state index contributed by atoms with van der Waals surface area (Å²) < 4.78 is 29.2. The number of benzene rings is 2. The highest BCUT2D eigenvalue weighted by Gasteiger charge is 2.32. The molecule has 158 valence electrons. The van der Waals surface area contributed by atoms with E-state index in [1.165, 1.54) is 12.1 Å². The van der Waals surface area contributed by atoms with Gasteiger partial charge in [-0.25, -0.2) is 8.60 Å². The molecule has 3 aromatic rings. The summed E-state index contributed by atoms with van der Waals surface area (Å²) in [6.07, 6.45) is 4.15. The Morgan fingerprint density at radius 3 is 2.71 bits per heavy atom. The van der Waals surface area contributed by atoms with E-state index in [9.17, 15) is 18.2 Å². The van der Waals surface area contributed by atoms with Crippen LogP contribution in [0.2, 0.25) is 0 Å². The molecule has 2 N–H and O–H groups in total. The molecule has 1 fully saturated rings. The van der Waals surface area contributed by atoms with Crippen molar-refractivity contribution < 1.29 is 18.2 Å². The maximum atomic E-state index is 14.3. The molecule has 31 heavy (non-hydrogen) atoms. The minimum absolute atomic E-state index is 0.167. The Morgan fingerprint density at radius 1 is 1.13 bits per heavy atom. The third-order valence-corrected chi connectivity index (χ3v) is 8.67. The first-order chi connectivity index (χ1) is 15.0. The lowest BCUT2D eigenvalue weighted by atomic mass is 10.0. The Hall–Kier alpha value is -3.39. The molecule has 8 heteroatoms. The molecule has 1 aromatic heterocycles. The molecule has 2 aliphatic rings. The summed E-state index contributed by atoms with van der Waals surface area (Å²) in [5, 5.41) is 5.57. The van der Waals surface area contributed by atoms with Gasteiger partial charge in [0.05, 0.1) is 20.3 Å². The van der Waals surface area contributed by atoms with Gasteiger partial charge in [0, 0.05) is 23.2 Å². The number of anilines is 1. The predicted octanol–water partition coefficient (Wildman–Crippen LogP) is 3.59. The first-order valence-electron chi connectivity index (χ1n) is 10.0. The zero-order valence-corrected chi connectivity index (χ0v) is 17.4. The fraction of sp³-hybridized carbons (Fsp3) is 0.174. The smallest absolute Gasteiger partial charge is 0.273 e. The van der Waals surface area contributed by atoms with Gasteiger partial charge in [0.2, 0.25) is 0 Å². The first kappa shape index (κ1) is 19.6. The van der Waals surface area contributed by atoms with Crippen LogP contribution in [0.4, 0.5) is 10.1 Å². The Bertz CT molecular complexity index is 1350. The quantitative estimate of drug-likeness (QED) is 0.615. The molecule has 0 bridgehead atoms. The Morgan fingerprint density at radius 2 is 1.97 bits per heavy atom. The molecule has 0 saturated heterocycles. The standard InChI is InChI=1S/C23H20FN3O3S/c24-17-5-1-4-15(12-17)14-25-22(28)16-9-10-21-19(13-16)26-23(29)20-8-3-11-27(20)31(21,30)18-6-2-7-18/h1,3-5,8-13H,2,6-7,14H2,(H,25,28)(H,26,29). The van der Waals surface area contributed by atoms with Crippen molar-refractivity contribution in [3.05, 3.63) is 83.4 Å². The van der Waals surface area contributed by atoms with Crippen LogP contribution in [0.3, 0.4) is 0 Å². The molecule has 0 radical (unpaired) electrons.